The van der Waals surface area contributed by atoms with Gasteiger partial charge in [-0.3, -0.25) is 0 Å². The van der Waals surface area contributed by atoms with Crippen LogP contribution in [0.4, 0.5) is 5.82 Å². The zero-order valence-corrected chi connectivity index (χ0v) is 12.2. The molecule has 10 N–H and O–H groups in total. The quantitative estimate of drug-likeness (QED) is 0.138. The van der Waals surface area contributed by atoms with E-state index in [-0.39, 0.29) is 33.9 Å². The Labute approximate surface area is 134 Å². The Morgan fingerprint density at radius 3 is 2.62 bits per heavy atom. The van der Waals surface area contributed by atoms with Gasteiger partial charge in [0, 0.05) is 0 Å². The molecule has 0 amide bonds. The smallest absolute Gasteiger partial charge is 0.191 e. The molecule has 1 aliphatic heterocycles. The summed E-state index contributed by atoms with van der Waals surface area (Å²) in [5.74, 6) is -0.295. The van der Waals surface area contributed by atoms with Gasteiger partial charge in [-0.1, -0.05) is 5.16 Å². The molecule has 2 aromatic rings. The maximum Gasteiger partial charge on any atom is 0.191 e. The second-order valence-electron chi connectivity index (χ2n) is 4.96. The third-order valence-electron chi connectivity index (χ3n) is 3.63. The van der Waals surface area contributed by atoms with Crippen LogP contribution in [-0.4, -0.2) is 76.5 Å². The van der Waals surface area contributed by atoms with Crippen molar-refractivity contribution in [1.29, 1.82) is 0 Å². The van der Waals surface area contributed by atoms with Crippen molar-refractivity contribution in [2.45, 2.75) is 24.5 Å². The van der Waals surface area contributed by atoms with Gasteiger partial charge in [-0.2, -0.15) is 5.10 Å². The molecule has 1 saturated heterocycles. The highest BCUT2D eigenvalue weighted by Crippen LogP contribution is 2.32. The lowest BCUT2D eigenvalue weighted by Gasteiger charge is -2.15. The van der Waals surface area contributed by atoms with Crippen molar-refractivity contribution in [2.75, 3.05) is 12.3 Å². The SMILES string of the molecule is NC(=NO)c1nn([C@@H]2O[C@H](CO)[C@@H](O)[C@H]2O)c2ncnc(N)c12.O. The second kappa shape index (κ2) is 6.50. The van der Waals surface area contributed by atoms with Gasteiger partial charge in [0.1, 0.15) is 36.2 Å². The number of amidine groups is 1. The number of aliphatic hydroxyl groups excluding tert-OH is 3. The summed E-state index contributed by atoms with van der Waals surface area (Å²) in [6.45, 7) is -0.488. The van der Waals surface area contributed by atoms with E-state index in [0.717, 1.165) is 4.68 Å². The Morgan fingerprint density at radius 2 is 2.04 bits per heavy atom. The fourth-order valence-electron chi connectivity index (χ4n) is 2.48. The number of aromatic nitrogens is 4. The van der Waals surface area contributed by atoms with Crippen LogP contribution in [-0.2, 0) is 4.74 Å². The molecule has 132 valence electrons. The first kappa shape index (κ1) is 17.8. The number of rotatable bonds is 3. The number of oxime groups is 1. The predicted octanol–water partition coefficient (Wildman–Crippen LogP) is -3.71. The topological polar surface area (TPSA) is 230 Å². The molecule has 0 aliphatic carbocycles. The summed E-state index contributed by atoms with van der Waals surface area (Å²) >= 11 is 0. The van der Waals surface area contributed by atoms with Crippen LogP contribution in [0.15, 0.2) is 11.5 Å². The number of fused-ring (bicyclic) bond motifs is 1. The molecule has 13 nitrogen and oxygen atoms in total. The monoisotopic (exact) mass is 343 g/mol. The van der Waals surface area contributed by atoms with Gasteiger partial charge in [-0.25, -0.2) is 14.6 Å². The van der Waals surface area contributed by atoms with Crippen molar-refractivity contribution in [1.82, 2.24) is 19.7 Å². The van der Waals surface area contributed by atoms with Gasteiger partial charge in [0.15, 0.2) is 17.7 Å². The van der Waals surface area contributed by atoms with Gasteiger partial charge >= 0.3 is 0 Å². The van der Waals surface area contributed by atoms with Crippen molar-refractivity contribution < 1.29 is 30.7 Å². The van der Waals surface area contributed by atoms with Crippen molar-refractivity contribution in [3.8, 4) is 0 Å². The average Bonchev–Trinajstić information content (AvgIpc) is 3.07. The van der Waals surface area contributed by atoms with Crippen LogP contribution in [0.25, 0.3) is 11.0 Å². The van der Waals surface area contributed by atoms with E-state index >= 15 is 0 Å². The summed E-state index contributed by atoms with van der Waals surface area (Å²) < 4.78 is 6.55. The molecular formula is C11H17N7O6. The van der Waals surface area contributed by atoms with Crippen LogP contribution >= 0.6 is 0 Å². The molecule has 0 bridgehead atoms. The van der Waals surface area contributed by atoms with Gasteiger partial charge in [-0.05, 0) is 0 Å². The zero-order chi connectivity index (χ0) is 16.7. The highest BCUT2D eigenvalue weighted by atomic mass is 16.6. The number of hydrogen-bond acceptors (Lipinski definition) is 10. The van der Waals surface area contributed by atoms with Crippen molar-refractivity contribution in [3.05, 3.63) is 12.0 Å². The molecule has 0 spiro atoms. The van der Waals surface area contributed by atoms with Crippen LogP contribution in [0.3, 0.4) is 0 Å². The van der Waals surface area contributed by atoms with E-state index in [1.807, 2.05) is 0 Å². The molecule has 24 heavy (non-hydrogen) atoms. The number of anilines is 1. The van der Waals surface area contributed by atoms with Gasteiger partial charge in [0.2, 0.25) is 0 Å². The molecule has 4 atom stereocenters. The number of hydrogen-bond donors (Lipinski definition) is 6. The van der Waals surface area contributed by atoms with Gasteiger partial charge in [0.25, 0.3) is 0 Å². The summed E-state index contributed by atoms with van der Waals surface area (Å²) in [6, 6.07) is 0. The normalized spacial score (nSPS) is 27.4. The minimum absolute atomic E-state index is 0. The zero-order valence-electron chi connectivity index (χ0n) is 12.2. The lowest BCUT2D eigenvalue weighted by atomic mass is 10.1. The van der Waals surface area contributed by atoms with E-state index < -0.39 is 31.1 Å². The highest BCUT2D eigenvalue weighted by Gasteiger charge is 2.45. The van der Waals surface area contributed by atoms with Crippen LogP contribution in [0.2, 0.25) is 0 Å². The molecular weight excluding hydrogens is 326 g/mol. The summed E-state index contributed by atoms with van der Waals surface area (Å²) in [7, 11) is 0. The van der Waals surface area contributed by atoms with Crippen molar-refractivity contribution in [3.63, 3.8) is 0 Å². The first-order chi connectivity index (χ1) is 11.0. The summed E-state index contributed by atoms with van der Waals surface area (Å²) in [4.78, 5) is 7.83. The van der Waals surface area contributed by atoms with E-state index in [9.17, 15) is 10.2 Å². The van der Waals surface area contributed by atoms with Gasteiger partial charge in [0.05, 0.1) is 12.0 Å². The van der Waals surface area contributed by atoms with Crippen LogP contribution in [0, 0.1) is 0 Å². The third-order valence-corrected chi connectivity index (χ3v) is 3.63. The van der Waals surface area contributed by atoms with E-state index in [2.05, 4.69) is 20.2 Å². The third kappa shape index (κ3) is 2.49. The van der Waals surface area contributed by atoms with Crippen LogP contribution in [0.1, 0.15) is 11.9 Å². The average molecular weight is 343 g/mol. The van der Waals surface area contributed by atoms with Gasteiger partial charge in [-0.15, -0.1) is 0 Å². The Bertz CT molecular complexity index is 765. The van der Waals surface area contributed by atoms with Crippen molar-refractivity contribution >= 4 is 22.7 Å². The molecule has 3 heterocycles. The fraction of sp³-hybridized carbons (Fsp3) is 0.455. The van der Waals surface area contributed by atoms with Crippen molar-refractivity contribution in [2.24, 2.45) is 10.9 Å². The molecule has 3 rings (SSSR count). The molecule has 1 fully saturated rings. The summed E-state index contributed by atoms with van der Waals surface area (Å²) in [6.07, 6.45) is -3.63. The van der Waals surface area contributed by atoms with E-state index in [1.165, 1.54) is 6.33 Å². The number of nitrogens with two attached hydrogens (primary N) is 2. The number of nitrogen functional groups attached to an aromatic ring is 1. The molecule has 1 aliphatic rings. The molecule has 0 radical (unpaired) electrons. The Balaban J connectivity index is 0.00000208. The summed E-state index contributed by atoms with van der Waals surface area (Å²) in [5, 5.41) is 45.2. The molecule has 0 unspecified atom stereocenters. The Hall–Kier alpha value is -2.58. The summed E-state index contributed by atoms with van der Waals surface area (Å²) in [5.41, 5.74) is 11.5. The number of aliphatic hydroxyl groups is 3. The Kier molecular flexibility index (Phi) is 4.81. The fourth-order valence-corrected chi connectivity index (χ4v) is 2.48. The maximum absolute atomic E-state index is 10.1. The van der Waals surface area contributed by atoms with E-state index in [0.29, 0.717) is 0 Å². The second-order valence-corrected chi connectivity index (χ2v) is 4.96. The first-order valence-electron chi connectivity index (χ1n) is 6.58. The molecule has 13 heteroatoms. The van der Waals surface area contributed by atoms with E-state index in [4.69, 9.17) is 26.5 Å². The maximum atomic E-state index is 10.1. The minimum Gasteiger partial charge on any atom is -0.412 e. The predicted molar refractivity (Wildman–Crippen MR) is 78.9 cm³/mol. The molecule has 2 aromatic heterocycles. The number of ether oxygens (including phenoxy) is 1. The minimum atomic E-state index is -1.37. The van der Waals surface area contributed by atoms with E-state index in [1.54, 1.807) is 0 Å². The first-order valence-corrected chi connectivity index (χ1v) is 6.58. The molecule has 0 aromatic carbocycles. The van der Waals surface area contributed by atoms with Crippen LogP contribution in [0.5, 0.6) is 0 Å². The van der Waals surface area contributed by atoms with Crippen LogP contribution < -0.4 is 11.5 Å². The standard InChI is InChI=1S/C11H15N7O5.H2O/c12-8-4-5(9(13)17-22)16-18(10(4)15-2-14-8)11-7(21)6(20)3(1-19)23-11;/h2-3,6-7,11,19-22H,1H2,(H2,13,17)(H2,12,14,15);1H2/t3-,6-,7-,11-;/m1./s1. The molecule has 0 saturated carbocycles. The number of nitrogens with zero attached hydrogens (tertiary/aromatic N) is 5. The highest BCUT2D eigenvalue weighted by molar-refractivity contribution is 6.09. The largest absolute Gasteiger partial charge is 0.412 e. The lowest BCUT2D eigenvalue weighted by molar-refractivity contribution is -0.0566. The lowest BCUT2D eigenvalue weighted by Crippen LogP contribution is -2.33. The Morgan fingerprint density at radius 1 is 1.33 bits per heavy atom. The van der Waals surface area contributed by atoms with Gasteiger partial charge < -0.3 is 42.2 Å².